The summed E-state index contributed by atoms with van der Waals surface area (Å²) in [5.74, 6) is -0.843. The predicted molar refractivity (Wildman–Crippen MR) is 362 cm³/mol. The summed E-state index contributed by atoms with van der Waals surface area (Å²) in [6.07, 6.45) is 89.6. The lowest BCUT2D eigenvalue weighted by Crippen LogP contribution is -2.37. The van der Waals surface area contributed by atoms with Gasteiger partial charge in [0.1, 0.15) is 19.8 Å². The van der Waals surface area contributed by atoms with Crippen LogP contribution in [0, 0.1) is 0 Å². The van der Waals surface area contributed by atoms with Crippen molar-refractivity contribution in [2.75, 3.05) is 47.5 Å². The highest BCUT2D eigenvalue weighted by molar-refractivity contribution is 7.47. The Balaban J connectivity index is 4.09. The molecule has 0 radical (unpaired) electrons. The number of quaternary nitrogens is 1. The number of phosphoric ester groups is 1. The van der Waals surface area contributed by atoms with Crippen molar-refractivity contribution >= 4 is 19.8 Å². The van der Waals surface area contributed by atoms with Crippen molar-refractivity contribution in [2.24, 2.45) is 0 Å². The standard InChI is InChI=1S/C74H132NO8P/c1-6-8-10-12-14-16-18-20-22-24-26-28-30-32-34-35-36-37-38-39-41-42-44-46-48-50-52-54-56-58-60-62-64-66-73(76)80-70-72(71-82-84(78,79)81-69-68-75(3,4)5)83-74(77)67-65-63-61-59-57-55-53-51-49-47-45-43-40-33-31-29-27-25-23-21-19-17-15-13-11-9-7-2/h9,11,15,17,21,23,27,29,33,40,45,47,51,53,57,59,72H,6-8,10,12-14,16,18-20,22,24-26,28,30-32,34-39,41-44,46,48-50,52,54-56,58,60-71H2,1-5H3/p+1/b11-9-,17-15-,23-21-,29-27-,40-33-,47-45-,53-51-,59-57-. The molecule has 0 aromatic heterocycles. The summed E-state index contributed by atoms with van der Waals surface area (Å²) in [6, 6.07) is 0. The minimum atomic E-state index is -4.41. The average molecular weight is 1200 g/mol. The van der Waals surface area contributed by atoms with Gasteiger partial charge in [-0.3, -0.25) is 18.6 Å². The second-order valence-corrected chi connectivity index (χ2v) is 26.0. The van der Waals surface area contributed by atoms with Gasteiger partial charge in [-0.25, -0.2) is 4.57 Å². The molecule has 486 valence electrons. The molecule has 0 aliphatic rings. The fraction of sp³-hybridized carbons (Fsp3) is 0.757. The topological polar surface area (TPSA) is 108 Å². The largest absolute Gasteiger partial charge is 0.472 e. The predicted octanol–water partition coefficient (Wildman–Crippen LogP) is 22.7. The van der Waals surface area contributed by atoms with Crippen LogP contribution in [0.4, 0.5) is 0 Å². The first-order valence-electron chi connectivity index (χ1n) is 35.0. The lowest BCUT2D eigenvalue weighted by molar-refractivity contribution is -0.870. The van der Waals surface area contributed by atoms with E-state index >= 15 is 0 Å². The van der Waals surface area contributed by atoms with Gasteiger partial charge in [-0.15, -0.1) is 0 Å². The number of carbonyl (C=O) groups is 2. The molecule has 0 aromatic carbocycles. The minimum absolute atomic E-state index is 0.0194. The van der Waals surface area contributed by atoms with Crippen molar-refractivity contribution < 1.29 is 42.1 Å². The number of carbonyl (C=O) groups excluding carboxylic acids is 2. The van der Waals surface area contributed by atoms with Gasteiger partial charge in [-0.2, -0.15) is 0 Å². The molecule has 10 heteroatoms. The molecule has 84 heavy (non-hydrogen) atoms. The van der Waals surface area contributed by atoms with Crippen LogP contribution in [0.25, 0.3) is 0 Å². The first kappa shape index (κ1) is 80.9. The quantitative estimate of drug-likeness (QED) is 0.0211. The van der Waals surface area contributed by atoms with Crippen LogP contribution in [0.5, 0.6) is 0 Å². The molecule has 0 aliphatic heterocycles. The zero-order valence-corrected chi connectivity index (χ0v) is 56.3. The number of rotatable bonds is 64. The number of phosphoric acid groups is 1. The van der Waals surface area contributed by atoms with Crippen LogP contribution in [-0.4, -0.2) is 74.9 Å². The van der Waals surface area contributed by atoms with Crippen LogP contribution in [-0.2, 0) is 32.7 Å². The maximum atomic E-state index is 12.8. The van der Waals surface area contributed by atoms with Gasteiger partial charge in [0.15, 0.2) is 6.10 Å². The Morgan fingerprint density at radius 3 is 1.01 bits per heavy atom. The van der Waals surface area contributed by atoms with Crippen molar-refractivity contribution in [1.82, 2.24) is 0 Å². The maximum Gasteiger partial charge on any atom is 0.472 e. The van der Waals surface area contributed by atoms with E-state index in [4.69, 9.17) is 18.5 Å². The SMILES string of the molecule is CC/C=C\C/C=C\C/C=C\C/C=C\C/C=C\C/C=C\C/C=C\C/C=C\CCCCC(=O)OC(COC(=O)CCCCCCCCCCCCCCCCCCCCCCCCCCCCCCCCCCC)COP(=O)(O)OCC[N+](C)(C)C. The average Bonchev–Trinajstić information content (AvgIpc) is 3.61. The smallest absolute Gasteiger partial charge is 0.462 e. The van der Waals surface area contributed by atoms with E-state index in [1.54, 1.807) is 0 Å². The third-order valence-electron chi connectivity index (χ3n) is 15.1. The molecule has 0 heterocycles. The Kier molecular flexibility index (Phi) is 62.1. The van der Waals surface area contributed by atoms with Crippen molar-refractivity contribution in [3.8, 4) is 0 Å². The Morgan fingerprint density at radius 1 is 0.381 bits per heavy atom. The summed E-state index contributed by atoms with van der Waals surface area (Å²) in [7, 11) is 1.45. The minimum Gasteiger partial charge on any atom is -0.462 e. The molecule has 1 N–H and O–H groups in total. The van der Waals surface area contributed by atoms with Crippen molar-refractivity contribution in [1.29, 1.82) is 0 Å². The van der Waals surface area contributed by atoms with Gasteiger partial charge in [0, 0.05) is 12.8 Å². The van der Waals surface area contributed by atoms with Gasteiger partial charge in [-0.05, 0) is 77.0 Å². The number of hydrogen-bond acceptors (Lipinski definition) is 7. The fourth-order valence-electron chi connectivity index (χ4n) is 9.80. The Labute approximate surface area is 519 Å². The van der Waals surface area contributed by atoms with Crippen LogP contribution in [0.2, 0.25) is 0 Å². The van der Waals surface area contributed by atoms with Gasteiger partial charge < -0.3 is 18.9 Å². The molecule has 0 fully saturated rings. The number of unbranched alkanes of at least 4 members (excludes halogenated alkanes) is 34. The summed E-state index contributed by atoms with van der Waals surface area (Å²) in [5.41, 5.74) is 0. The molecule has 0 saturated carbocycles. The summed E-state index contributed by atoms with van der Waals surface area (Å²) >= 11 is 0. The molecule has 0 spiro atoms. The summed E-state index contributed by atoms with van der Waals surface area (Å²) in [4.78, 5) is 35.8. The van der Waals surface area contributed by atoms with E-state index in [0.717, 1.165) is 83.5 Å². The molecule has 0 amide bonds. The summed E-state index contributed by atoms with van der Waals surface area (Å²) < 4.78 is 34.6. The molecule has 0 rings (SSSR count). The lowest BCUT2D eigenvalue weighted by atomic mass is 10.0. The second kappa shape index (κ2) is 64.4. The number of hydrogen-bond donors (Lipinski definition) is 1. The fourth-order valence-corrected chi connectivity index (χ4v) is 10.5. The molecule has 2 unspecified atom stereocenters. The molecular weight excluding hydrogens is 1060 g/mol. The molecule has 0 aliphatic carbocycles. The van der Waals surface area contributed by atoms with Gasteiger partial charge in [0.25, 0.3) is 0 Å². The van der Waals surface area contributed by atoms with Crippen LogP contribution in [0.1, 0.15) is 309 Å². The highest BCUT2D eigenvalue weighted by Gasteiger charge is 2.27. The van der Waals surface area contributed by atoms with Gasteiger partial charge in [-0.1, -0.05) is 317 Å². The highest BCUT2D eigenvalue weighted by atomic mass is 31.2. The highest BCUT2D eigenvalue weighted by Crippen LogP contribution is 2.43. The van der Waals surface area contributed by atoms with E-state index in [9.17, 15) is 19.0 Å². The Morgan fingerprint density at radius 2 is 0.679 bits per heavy atom. The molecule has 0 saturated heterocycles. The van der Waals surface area contributed by atoms with Gasteiger partial charge in [0.05, 0.1) is 27.7 Å². The Bertz CT molecular complexity index is 1740. The van der Waals surface area contributed by atoms with E-state index in [1.807, 2.05) is 21.1 Å². The third kappa shape index (κ3) is 68.0. The van der Waals surface area contributed by atoms with Crippen molar-refractivity contribution in [2.45, 2.75) is 315 Å². The number of ether oxygens (including phenoxy) is 2. The van der Waals surface area contributed by atoms with Crippen molar-refractivity contribution in [3.05, 3.63) is 97.2 Å². The molecule has 0 aromatic rings. The molecule has 2 atom stereocenters. The van der Waals surface area contributed by atoms with Crippen LogP contribution < -0.4 is 0 Å². The normalized spacial score (nSPS) is 13.7. The maximum absolute atomic E-state index is 12.8. The number of esters is 2. The summed E-state index contributed by atoms with van der Waals surface area (Å²) in [5, 5.41) is 0. The van der Waals surface area contributed by atoms with Crippen LogP contribution in [0.3, 0.4) is 0 Å². The van der Waals surface area contributed by atoms with Crippen LogP contribution in [0.15, 0.2) is 97.2 Å². The zero-order valence-electron chi connectivity index (χ0n) is 55.4. The number of allylic oxidation sites excluding steroid dienone is 16. The monoisotopic (exact) mass is 1190 g/mol. The van der Waals surface area contributed by atoms with E-state index in [0.29, 0.717) is 17.4 Å². The molecular formula is C74H133NO8P+. The van der Waals surface area contributed by atoms with E-state index in [2.05, 4.69) is 111 Å². The number of likely N-dealkylation sites (N-methyl/N-ethyl adjacent to an activating group) is 1. The lowest BCUT2D eigenvalue weighted by Gasteiger charge is -2.24. The molecule has 0 bridgehead atoms. The van der Waals surface area contributed by atoms with Gasteiger partial charge in [0.2, 0.25) is 0 Å². The Hall–Kier alpha value is -3.07. The van der Waals surface area contributed by atoms with E-state index < -0.39 is 26.5 Å². The van der Waals surface area contributed by atoms with Crippen molar-refractivity contribution in [3.63, 3.8) is 0 Å². The third-order valence-corrected chi connectivity index (χ3v) is 16.1. The first-order valence-corrected chi connectivity index (χ1v) is 36.5. The summed E-state index contributed by atoms with van der Waals surface area (Å²) in [6.45, 7) is 4.30. The van der Waals surface area contributed by atoms with Gasteiger partial charge >= 0.3 is 19.8 Å². The zero-order chi connectivity index (χ0) is 61.2. The second-order valence-electron chi connectivity index (χ2n) is 24.5. The van der Waals surface area contributed by atoms with E-state index in [-0.39, 0.29) is 32.0 Å². The number of nitrogens with zero attached hydrogens (tertiary/aromatic N) is 1. The first-order chi connectivity index (χ1) is 41.0. The van der Waals surface area contributed by atoms with Crippen LogP contribution >= 0.6 is 7.82 Å². The van der Waals surface area contributed by atoms with E-state index in [1.165, 1.54) is 193 Å². The molecule has 9 nitrogen and oxygen atoms in total.